The molecule has 168 valence electrons. The number of nitrogens with one attached hydrogen (secondary N) is 1. The van der Waals surface area contributed by atoms with Gasteiger partial charge in [-0.15, -0.1) is 0 Å². The lowest BCUT2D eigenvalue weighted by Crippen LogP contribution is -2.64. The van der Waals surface area contributed by atoms with Crippen molar-refractivity contribution in [3.8, 4) is 0 Å². The third-order valence-corrected chi connectivity index (χ3v) is 6.75. The summed E-state index contributed by atoms with van der Waals surface area (Å²) in [7, 11) is 1.64. The number of carbonyl (C=O) groups is 1. The van der Waals surface area contributed by atoms with Crippen LogP contribution in [0.25, 0.3) is 10.9 Å². The van der Waals surface area contributed by atoms with Gasteiger partial charge in [-0.3, -0.25) is 14.7 Å². The number of likely N-dealkylation sites (tertiary alicyclic amines) is 2. The smallest absolute Gasteiger partial charge is 0.255 e. The highest BCUT2D eigenvalue weighted by atomic mass is 16.5. The molecule has 1 N–H and O–H groups in total. The second-order valence-electron chi connectivity index (χ2n) is 8.62. The summed E-state index contributed by atoms with van der Waals surface area (Å²) in [6, 6.07) is 12.8. The normalized spacial score (nSPS) is 22.4. The number of aromatic nitrogens is 2. The topological polar surface area (TPSA) is 70.7 Å². The molecule has 7 nitrogen and oxygen atoms in total. The minimum atomic E-state index is -0.434. The van der Waals surface area contributed by atoms with E-state index >= 15 is 0 Å². The predicted octanol–water partition coefficient (Wildman–Crippen LogP) is 3.14. The fourth-order valence-electron chi connectivity index (χ4n) is 5.09. The summed E-state index contributed by atoms with van der Waals surface area (Å²) in [4.78, 5) is 25.0. The number of hydrogen-bond acceptors (Lipinski definition) is 5. The Labute approximate surface area is 188 Å². The number of carbonyl (C=O) groups excluding carboxylic acids is 1. The molecule has 4 heterocycles. The van der Waals surface area contributed by atoms with E-state index in [2.05, 4.69) is 44.0 Å². The first kappa shape index (κ1) is 21.1. The Balaban J connectivity index is 1.24. The van der Waals surface area contributed by atoms with Crippen LogP contribution in [0.5, 0.6) is 0 Å². The Hall–Kier alpha value is -2.74. The monoisotopic (exact) mass is 434 g/mol. The minimum absolute atomic E-state index is 0.0486. The van der Waals surface area contributed by atoms with Gasteiger partial charge in [0.2, 0.25) is 0 Å². The fraction of sp³-hybridized carbons (Fsp3) is 0.440. The average molecular weight is 435 g/mol. The van der Waals surface area contributed by atoms with Crippen molar-refractivity contribution in [1.82, 2.24) is 19.8 Å². The van der Waals surface area contributed by atoms with Gasteiger partial charge in [0, 0.05) is 62.3 Å². The number of benzene rings is 1. The standard InChI is InChI=1S/C25H30N4O3/c1-31-15-16-32-24-23(18-5-10-26-11-6-18)29(25(24)30)20-8-13-28(14-9-20)17-19-3-2-4-22-21(19)7-12-27-22/h2-7,10-12,20,23-24,27H,8-9,13-17H2,1H3/t23-,24+/m0/s1. The summed E-state index contributed by atoms with van der Waals surface area (Å²) in [6.45, 7) is 3.80. The Bertz CT molecular complexity index is 1050. The number of methoxy groups -OCH3 is 1. The van der Waals surface area contributed by atoms with Gasteiger partial charge in [0.1, 0.15) is 0 Å². The molecule has 1 aromatic carbocycles. The van der Waals surface area contributed by atoms with Crippen LogP contribution in [0, 0.1) is 0 Å². The molecule has 0 radical (unpaired) electrons. The minimum Gasteiger partial charge on any atom is -0.382 e. The van der Waals surface area contributed by atoms with E-state index in [1.165, 1.54) is 16.5 Å². The summed E-state index contributed by atoms with van der Waals surface area (Å²) >= 11 is 0. The van der Waals surface area contributed by atoms with Crippen molar-refractivity contribution in [2.75, 3.05) is 33.4 Å². The number of hydrogen-bond donors (Lipinski definition) is 1. The van der Waals surface area contributed by atoms with E-state index in [0.29, 0.717) is 13.2 Å². The summed E-state index contributed by atoms with van der Waals surface area (Å²) < 4.78 is 11.0. The van der Waals surface area contributed by atoms with Crippen molar-refractivity contribution in [3.05, 3.63) is 66.1 Å². The molecular weight excluding hydrogens is 404 g/mol. The van der Waals surface area contributed by atoms with E-state index in [-0.39, 0.29) is 18.0 Å². The highest BCUT2D eigenvalue weighted by Crippen LogP contribution is 2.41. The molecule has 7 heteroatoms. The first-order valence-electron chi connectivity index (χ1n) is 11.4. The second-order valence-corrected chi connectivity index (χ2v) is 8.62. The third-order valence-electron chi connectivity index (χ3n) is 6.75. The number of nitrogens with zero attached hydrogens (tertiary/aromatic N) is 3. The van der Waals surface area contributed by atoms with Gasteiger partial charge in [0.15, 0.2) is 6.10 Å². The van der Waals surface area contributed by atoms with Crippen LogP contribution in [-0.4, -0.2) is 71.2 Å². The molecule has 2 fully saturated rings. The molecule has 0 aliphatic carbocycles. The van der Waals surface area contributed by atoms with Crippen molar-refractivity contribution in [2.24, 2.45) is 0 Å². The number of H-pyrrole nitrogens is 1. The largest absolute Gasteiger partial charge is 0.382 e. The Morgan fingerprint density at radius 3 is 2.69 bits per heavy atom. The van der Waals surface area contributed by atoms with Crippen LogP contribution in [0.2, 0.25) is 0 Å². The molecule has 0 unspecified atom stereocenters. The van der Waals surface area contributed by atoms with Gasteiger partial charge < -0.3 is 19.4 Å². The van der Waals surface area contributed by atoms with Gasteiger partial charge in [-0.2, -0.15) is 0 Å². The van der Waals surface area contributed by atoms with Crippen molar-refractivity contribution in [2.45, 2.75) is 37.6 Å². The van der Waals surface area contributed by atoms with E-state index in [0.717, 1.165) is 38.0 Å². The third kappa shape index (κ3) is 4.03. The lowest BCUT2D eigenvalue weighted by atomic mass is 9.86. The van der Waals surface area contributed by atoms with Gasteiger partial charge in [-0.25, -0.2) is 0 Å². The molecule has 2 atom stereocenters. The molecule has 3 aromatic rings. The summed E-state index contributed by atoms with van der Waals surface area (Å²) in [5, 5.41) is 1.29. The maximum Gasteiger partial charge on any atom is 0.255 e. The number of amides is 1. The van der Waals surface area contributed by atoms with Crippen LogP contribution in [0.4, 0.5) is 0 Å². The molecule has 2 aromatic heterocycles. The Kier molecular flexibility index (Phi) is 6.21. The number of ether oxygens (including phenoxy) is 2. The fourth-order valence-corrected chi connectivity index (χ4v) is 5.09. The van der Waals surface area contributed by atoms with Crippen LogP contribution in [0.1, 0.15) is 30.0 Å². The SMILES string of the molecule is COCCO[C@H]1C(=O)N(C2CCN(Cc3cccc4[nH]ccc34)CC2)[C@H]1c1ccncc1. The maximum absolute atomic E-state index is 13.1. The molecule has 0 bridgehead atoms. The van der Waals surface area contributed by atoms with E-state index < -0.39 is 6.10 Å². The van der Waals surface area contributed by atoms with Crippen molar-refractivity contribution >= 4 is 16.8 Å². The second kappa shape index (κ2) is 9.40. The number of rotatable bonds is 8. The van der Waals surface area contributed by atoms with Gasteiger partial charge >= 0.3 is 0 Å². The highest BCUT2D eigenvalue weighted by Gasteiger charge is 2.52. The zero-order valence-electron chi connectivity index (χ0n) is 18.4. The summed E-state index contributed by atoms with van der Waals surface area (Å²) in [5.74, 6) is 0.0958. The number of piperidine rings is 1. The van der Waals surface area contributed by atoms with Crippen molar-refractivity contribution in [1.29, 1.82) is 0 Å². The quantitative estimate of drug-likeness (QED) is 0.436. The van der Waals surface area contributed by atoms with Gasteiger partial charge in [-0.05, 0) is 48.2 Å². The number of aromatic amines is 1. The van der Waals surface area contributed by atoms with Crippen LogP contribution < -0.4 is 0 Å². The first-order valence-corrected chi connectivity index (χ1v) is 11.4. The number of β-lactam (4-membered cyclic amide) rings is 1. The first-order chi connectivity index (χ1) is 15.8. The maximum atomic E-state index is 13.1. The van der Waals surface area contributed by atoms with Crippen LogP contribution in [0.3, 0.4) is 0 Å². The van der Waals surface area contributed by atoms with E-state index in [4.69, 9.17) is 9.47 Å². The Morgan fingerprint density at radius 2 is 1.91 bits per heavy atom. The molecule has 2 saturated heterocycles. The van der Waals surface area contributed by atoms with Crippen LogP contribution in [-0.2, 0) is 20.8 Å². The van der Waals surface area contributed by atoms with Gasteiger partial charge in [-0.1, -0.05) is 12.1 Å². The molecule has 0 saturated carbocycles. The van der Waals surface area contributed by atoms with Crippen molar-refractivity contribution < 1.29 is 14.3 Å². The zero-order chi connectivity index (χ0) is 21.9. The molecule has 5 rings (SSSR count). The molecule has 32 heavy (non-hydrogen) atoms. The lowest BCUT2D eigenvalue weighted by Gasteiger charge is -2.52. The average Bonchev–Trinajstić information content (AvgIpc) is 3.32. The van der Waals surface area contributed by atoms with Gasteiger partial charge in [0.25, 0.3) is 5.91 Å². The van der Waals surface area contributed by atoms with E-state index in [1.54, 1.807) is 19.5 Å². The molecule has 2 aliphatic rings. The highest BCUT2D eigenvalue weighted by molar-refractivity contribution is 5.89. The van der Waals surface area contributed by atoms with Crippen LogP contribution >= 0.6 is 0 Å². The molecule has 0 spiro atoms. The van der Waals surface area contributed by atoms with Crippen LogP contribution in [0.15, 0.2) is 55.0 Å². The summed E-state index contributed by atoms with van der Waals surface area (Å²) in [5.41, 5.74) is 3.62. The number of pyridine rings is 1. The summed E-state index contributed by atoms with van der Waals surface area (Å²) in [6.07, 6.45) is 7.08. The van der Waals surface area contributed by atoms with Gasteiger partial charge in [0.05, 0.1) is 19.3 Å². The molecule has 1 amide bonds. The zero-order valence-corrected chi connectivity index (χ0v) is 18.4. The number of fused-ring (bicyclic) bond motifs is 1. The van der Waals surface area contributed by atoms with E-state index in [9.17, 15) is 4.79 Å². The van der Waals surface area contributed by atoms with E-state index in [1.807, 2.05) is 18.3 Å². The lowest BCUT2D eigenvalue weighted by molar-refractivity contribution is -0.184. The molecular formula is C25H30N4O3. The van der Waals surface area contributed by atoms with Crippen molar-refractivity contribution in [3.63, 3.8) is 0 Å². The Morgan fingerprint density at radius 1 is 1.09 bits per heavy atom. The predicted molar refractivity (Wildman–Crippen MR) is 122 cm³/mol. The molecule has 2 aliphatic heterocycles.